The van der Waals surface area contributed by atoms with E-state index in [0.29, 0.717) is 0 Å². The van der Waals surface area contributed by atoms with Crippen LogP contribution < -0.4 is 4.52 Å². The molecule has 120 valence electrons. The van der Waals surface area contributed by atoms with E-state index in [1.54, 1.807) is 0 Å². The summed E-state index contributed by atoms with van der Waals surface area (Å²) in [7, 11) is -5.50. The van der Waals surface area contributed by atoms with Crippen LogP contribution in [0.3, 0.4) is 0 Å². The van der Waals surface area contributed by atoms with Crippen molar-refractivity contribution >= 4 is 25.7 Å². The van der Waals surface area contributed by atoms with Crippen molar-refractivity contribution in [2.24, 2.45) is 0 Å². The Labute approximate surface area is 119 Å². The standard InChI is InChI=1S/C9H7O12P/c10-4-1(7(12)13)5(11)3(9(16)17)6(2(4)8(14)15)21-22(18,19)20/h10-11H,(H,12,13)(H,14,15)(H,16,17)(H2,18,19,20). The summed E-state index contributed by atoms with van der Waals surface area (Å²) in [5.41, 5.74) is -4.57. The number of phosphoric ester groups is 1. The molecule has 0 spiro atoms. The van der Waals surface area contributed by atoms with Crippen LogP contribution in [0.2, 0.25) is 0 Å². The SMILES string of the molecule is O=C(O)c1c(O)c(C(=O)O)c(OP(=O)(O)O)c(C(=O)O)c1O. The fraction of sp³-hybridized carbons (Fsp3) is 0. The molecule has 22 heavy (non-hydrogen) atoms. The van der Waals surface area contributed by atoms with E-state index in [1.165, 1.54) is 0 Å². The van der Waals surface area contributed by atoms with Crippen molar-refractivity contribution in [3.63, 3.8) is 0 Å². The van der Waals surface area contributed by atoms with E-state index in [4.69, 9.17) is 25.1 Å². The number of phosphoric acid groups is 1. The second kappa shape index (κ2) is 5.52. The molecule has 0 fully saturated rings. The van der Waals surface area contributed by atoms with E-state index < -0.39 is 59.7 Å². The van der Waals surface area contributed by atoms with Gasteiger partial charge in [-0.15, -0.1) is 0 Å². The molecule has 1 aromatic carbocycles. The average Bonchev–Trinajstić information content (AvgIpc) is 2.23. The molecule has 0 amide bonds. The van der Waals surface area contributed by atoms with Crippen LogP contribution in [0.25, 0.3) is 0 Å². The van der Waals surface area contributed by atoms with Crippen LogP contribution >= 0.6 is 7.82 Å². The second-order valence-electron chi connectivity index (χ2n) is 3.65. The van der Waals surface area contributed by atoms with Gasteiger partial charge in [0.25, 0.3) is 0 Å². The number of aromatic hydroxyl groups is 2. The first-order valence-electron chi connectivity index (χ1n) is 4.95. The van der Waals surface area contributed by atoms with Crippen molar-refractivity contribution in [2.75, 3.05) is 0 Å². The molecule has 0 aliphatic heterocycles. The lowest BCUT2D eigenvalue weighted by molar-refractivity contribution is 0.0686. The molecule has 12 nitrogen and oxygen atoms in total. The first-order valence-corrected chi connectivity index (χ1v) is 6.48. The predicted molar refractivity (Wildman–Crippen MR) is 63.3 cm³/mol. The lowest BCUT2D eigenvalue weighted by atomic mass is 10.00. The molecule has 0 aliphatic carbocycles. The van der Waals surface area contributed by atoms with Crippen LogP contribution in [0.4, 0.5) is 0 Å². The van der Waals surface area contributed by atoms with E-state index >= 15 is 0 Å². The van der Waals surface area contributed by atoms with Crippen molar-refractivity contribution in [1.82, 2.24) is 0 Å². The van der Waals surface area contributed by atoms with Crippen LogP contribution in [0, 0.1) is 0 Å². The van der Waals surface area contributed by atoms with Crippen molar-refractivity contribution < 1.29 is 58.8 Å². The Morgan fingerprint density at radius 1 is 0.773 bits per heavy atom. The first kappa shape index (κ1) is 17.2. The van der Waals surface area contributed by atoms with Crippen LogP contribution in [0.15, 0.2) is 0 Å². The van der Waals surface area contributed by atoms with Gasteiger partial charge in [0.1, 0.15) is 16.7 Å². The van der Waals surface area contributed by atoms with Gasteiger partial charge in [0, 0.05) is 0 Å². The Bertz CT molecular complexity index is 688. The molecular formula is C9H7O12P. The molecule has 7 N–H and O–H groups in total. The molecule has 0 saturated heterocycles. The number of rotatable bonds is 5. The summed E-state index contributed by atoms with van der Waals surface area (Å²) >= 11 is 0. The van der Waals surface area contributed by atoms with Crippen molar-refractivity contribution in [3.8, 4) is 17.2 Å². The molecule has 0 saturated carbocycles. The van der Waals surface area contributed by atoms with Gasteiger partial charge in [0.05, 0.1) is 0 Å². The van der Waals surface area contributed by atoms with Gasteiger partial charge < -0.3 is 30.1 Å². The maximum absolute atomic E-state index is 11.0. The minimum atomic E-state index is -5.50. The summed E-state index contributed by atoms with van der Waals surface area (Å²) in [4.78, 5) is 50.3. The maximum Gasteiger partial charge on any atom is 0.524 e. The molecule has 13 heteroatoms. The number of phenols is 2. The third-order valence-corrected chi connectivity index (χ3v) is 2.67. The number of benzene rings is 1. The summed E-state index contributed by atoms with van der Waals surface area (Å²) < 4.78 is 14.7. The van der Waals surface area contributed by atoms with Gasteiger partial charge in [-0.2, -0.15) is 0 Å². The number of carboxylic acid groups (broad SMARTS) is 3. The summed E-state index contributed by atoms with van der Waals surface area (Å²) in [5.74, 6) is -11.2. The highest BCUT2D eigenvalue weighted by atomic mass is 31.2. The number of aromatic carboxylic acids is 3. The van der Waals surface area contributed by atoms with E-state index in [-0.39, 0.29) is 0 Å². The van der Waals surface area contributed by atoms with Gasteiger partial charge in [0.2, 0.25) is 0 Å². The maximum atomic E-state index is 11.0. The number of hydrogen-bond acceptors (Lipinski definition) is 7. The van der Waals surface area contributed by atoms with Crippen molar-refractivity contribution in [3.05, 3.63) is 16.7 Å². The third-order valence-electron chi connectivity index (χ3n) is 2.25. The van der Waals surface area contributed by atoms with Gasteiger partial charge in [-0.3, -0.25) is 9.79 Å². The Morgan fingerprint density at radius 3 is 1.32 bits per heavy atom. The lowest BCUT2D eigenvalue weighted by Crippen LogP contribution is -2.13. The first-order chi connectivity index (χ1) is 9.88. The zero-order valence-electron chi connectivity index (χ0n) is 10.1. The lowest BCUT2D eigenvalue weighted by Gasteiger charge is -2.16. The predicted octanol–water partition coefficient (Wildman–Crippen LogP) is -0.336. The Hall–Kier alpha value is -2.82. The average molecular weight is 338 g/mol. The van der Waals surface area contributed by atoms with Gasteiger partial charge in [0.15, 0.2) is 17.2 Å². The van der Waals surface area contributed by atoms with Gasteiger partial charge in [-0.05, 0) is 0 Å². The van der Waals surface area contributed by atoms with Gasteiger partial charge >= 0.3 is 25.7 Å². The minimum Gasteiger partial charge on any atom is -0.506 e. The molecular weight excluding hydrogens is 331 g/mol. The number of hydrogen-bond donors (Lipinski definition) is 7. The van der Waals surface area contributed by atoms with Crippen LogP contribution in [0.1, 0.15) is 31.1 Å². The summed E-state index contributed by atoms with van der Waals surface area (Å²) in [6.07, 6.45) is 0. The smallest absolute Gasteiger partial charge is 0.506 e. The molecule has 0 unspecified atom stereocenters. The van der Waals surface area contributed by atoms with E-state index in [1.807, 2.05) is 0 Å². The molecule has 1 aromatic rings. The highest BCUT2D eigenvalue weighted by Gasteiger charge is 2.37. The highest BCUT2D eigenvalue weighted by Crippen LogP contribution is 2.48. The summed E-state index contributed by atoms with van der Waals surface area (Å²) in [6, 6.07) is 0. The summed E-state index contributed by atoms with van der Waals surface area (Å²) in [6.45, 7) is 0. The second-order valence-corrected chi connectivity index (χ2v) is 4.81. The van der Waals surface area contributed by atoms with E-state index in [2.05, 4.69) is 4.52 Å². The van der Waals surface area contributed by atoms with E-state index in [0.717, 1.165) is 0 Å². The monoisotopic (exact) mass is 338 g/mol. The molecule has 0 bridgehead atoms. The number of carbonyl (C=O) groups is 3. The Balaban J connectivity index is 4.03. The fourth-order valence-electron chi connectivity index (χ4n) is 1.51. The van der Waals surface area contributed by atoms with Crippen LogP contribution in [-0.4, -0.2) is 53.2 Å². The molecule has 0 aliphatic rings. The van der Waals surface area contributed by atoms with Gasteiger partial charge in [-0.25, -0.2) is 18.9 Å². The molecule has 0 radical (unpaired) electrons. The molecule has 0 aromatic heterocycles. The molecule has 0 heterocycles. The minimum absolute atomic E-state index is 1.48. The Kier molecular flexibility index (Phi) is 4.32. The highest BCUT2D eigenvalue weighted by molar-refractivity contribution is 7.46. The van der Waals surface area contributed by atoms with Crippen LogP contribution in [0.5, 0.6) is 17.2 Å². The zero-order chi connectivity index (χ0) is 17.4. The van der Waals surface area contributed by atoms with Crippen molar-refractivity contribution in [1.29, 1.82) is 0 Å². The van der Waals surface area contributed by atoms with E-state index in [9.17, 15) is 29.2 Å². The number of carboxylic acids is 3. The van der Waals surface area contributed by atoms with Gasteiger partial charge in [-0.1, -0.05) is 0 Å². The quantitative estimate of drug-likeness (QED) is 0.343. The molecule has 1 rings (SSSR count). The topological polar surface area (TPSA) is 219 Å². The molecule has 0 atom stereocenters. The van der Waals surface area contributed by atoms with Crippen LogP contribution in [-0.2, 0) is 4.57 Å². The largest absolute Gasteiger partial charge is 0.524 e. The Morgan fingerprint density at radius 2 is 1.09 bits per heavy atom. The van der Waals surface area contributed by atoms with Crippen molar-refractivity contribution in [2.45, 2.75) is 0 Å². The zero-order valence-corrected chi connectivity index (χ0v) is 11.0. The third kappa shape index (κ3) is 3.09. The fourth-order valence-corrected chi connectivity index (χ4v) is 1.93. The summed E-state index contributed by atoms with van der Waals surface area (Å²) in [5, 5.41) is 45.6. The normalized spacial score (nSPS) is 11.0.